The molecule has 1 aliphatic carbocycles. The number of thioether (sulfide) groups is 1. The molecule has 8 nitrogen and oxygen atoms in total. The van der Waals surface area contributed by atoms with E-state index in [9.17, 15) is 10.1 Å². The topological polar surface area (TPSA) is 106 Å². The van der Waals surface area contributed by atoms with Gasteiger partial charge in [-0.05, 0) is 62.1 Å². The zero-order valence-corrected chi connectivity index (χ0v) is 18.2. The molecule has 1 aromatic carbocycles. The Morgan fingerprint density at radius 2 is 2.13 bits per heavy atom. The van der Waals surface area contributed by atoms with Crippen LogP contribution >= 0.6 is 11.8 Å². The first-order chi connectivity index (χ1) is 15.0. The van der Waals surface area contributed by atoms with Crippen molar-refractivity contribution in [2.75, 3.05) is 12.9 Å². The first-order valence-electron chi connectivity index (χ1n) is 9.97. The second-order valence-corrected chi connectivity index (χ2v) is 8.57. The van der Waals surface area contributed by atoms with Crippen LogP contribution in [0.5, 0.6) is 5.75 Å². The molecule has 1 atom stereocenters. The van der Waals surface area contributed by atoms with E-state index in [1.807, 2.05) is 41.0 Å². The number of aromatic nitrogens is 3. The Bertz CT molecular complexity index is 1080. The number of amides is 1. The van der Waals surface area contributed by atoms with E-state index in [0.29, 0.717) is 17.5 Å². The minimum atomic E-state index is -0.812. The molecule has 0 spiro atoms. The van der Waals surface area contributed by atoms with Gasteiger partial charge in [-0.15, -0.1) is 10.2 Å². The average molecular weight is 438 g/mol. The van der Waals surface area contributed by atoms with Crippen LogP contribution in [0.15, 0.2) is 52.2 Å². The standard InChI is InChI=1S/C22H23N5O3S/c1-22(14-23,16-7-8-16)24-19(28)13-31-21-26-25-20(15-5-9-17(29-2)10-6-15)27(21)12-18-4-3-11-30-18/h3-6,9-11,16H,7-8,12-13H2,1-2H3,(H,24,28). The molecule has 0 bridgehead atoms. The van der Waals surface area contributed by atoms with Gasteiger partial charge in [0.2, 0.25) is 5.91 Å². The number of hydrogen-bond acceptors (Lipinski definition) is 7. The van der Waals surface area contributed by atoms with Gasteiger partial charge < -0.3 is 14.5 Å². The summed E-state index contributed by atoms with van der Waals surface area (Å²) in [7, 11) is 1.62. The summed E-state index contributed by atoms with van der Waals surface area (Å²) in [6.45, 7) is 2.22. The van der Waals surface area contributed by atoms with Crippen LogP contribution in [0.4, 0.5) is 0 Å². The first-order valence-corrected chi connectivity index (χ1v) is 11.0. The molecule has 2 aromatic heterocycles. The SMILES string of the molecule is COc1ccc(-c2nnc(SCC(=O)NC(C)(C#N)C3CC3)n2Cc2ccco2)cc1. The van der Waals surface area contributed by atoms with Crippen molar-refractivity contribution in [3.63, 3.8) is 0 Å². The molecule has 3 aromatic rings. The molecule has 31 heavy (non-hydrogen) atoms. The molecule has 1 fully saturated rings. The number of nitrogens with one attached hydrogen (secondary N) is 1. The highest BCUT2D eigenvalue weighted by molar-refractivity contribution is 7.99. The molecule has 0 saturated heterocycles. The number of nitrogens with zero attached hydrogens (tertiary/aromatic N) is 4. The highest BCUT2D eigenvalue weighted by Gasteiger charge is 2.43. The van der Waals surface area contributed by atoms with E-state index in [2.05, 4.69) is 21.6 Å². The van der Waals surface area contributed by atoms with E-state index in [1.54, 1.807) is 20.3 Å². The van der Waals surface area contributed by atoms with Crippen molar-refractivity contribution in [2.45, 2.75) is 37.0 Å². The predicted molar refractivity (Wildman–Crippen MR) is 115 cm³/mol. The van der Waals surface area contributed by atoms with Crippen LogP contribution in [0.1, 0.15) is 25.5 Å². The summed E-state index contributed by atoms with van der Waals surface area (Å²) in [6, 6.07) is 13.5. The van der Waals surface area contributed by atoms with Crippen LogP contribution in [0.3, 0.4) is 0 Å². The van der Waals surface area contributed by atoms with Crippen LogP contribution in [-0.4, -0.2) is 39.1 Å². The quantitative estimate of drug-likeness (QED) is 0.511. The molecule has 160 valence electrons. The third-order valence-electron chi connectivity index (χ3n) is 5.32. The van der Waals surface area contributed by atoms with Gasteiger partial charge in [0, 0.05) is 5.56 Å². The fourth-order valence-electron chi connectivity index (χ4n) is 3.39. The maximum atomic E-state index is 12.5. The second-order valence-electron chi connectivity index (χ2n) is 7.63. The number of methoxy groups -OCH3 is 1. The molecule has 1 unspecified atom stereocenters. The molecular weight excluding hydrogens is 414 g/mol. The van der Waals surface area contributed by atoms with Crippen LogP contribution in [-0.2, 0) is 11.3 Å². The van der Waals surface area contributed by atoms with Gasteiger partial charge in [0.15, 0.2) is 11.0 Å². The average Bonchev–Trinajstić information content (AvgIpc) is 3.40. The summed E-state index contributed by atoms with van der Waals surface area (Å²) < 4.78 is 12.7. The van der Waals surface area contributed by atoms with Gasteiger partial charge in [0.05, 0.1) is 31.7 Å². The minimum absolute atomic E-state index is 0.142. The number of furan rings is 1. The highest BCUT2D eigenvalue weighted by atomic mass is 32.2. The smallest absolute Gasteiger partial charge is 0.231 e. The van der Waals surface area contributed by atoms with Crippen molar-refractivity contribution in [2.24, 2.45) is 5.92 Å². The van der Waals surface area contributed by atoms with E-state index < -0.39 is 5.54 Å². The minimum Gasteiger partial charge on any atom is -0.497 e. The molecule has 4 rings (SSSR count). The summed E-state index contributed by atoms with van der Waals surface area (Å²) in [5.74, 6) is 2.36. The predicted octanol–water partition coefficient (Wildman–Crippen LogP) is 3.50. The lowest BCUT2D eigenvalue weighted by Gasteiger charge is -2.22. The molecule has 9 heteroatoms. The summed E-state index contributed by atoms with van der Waals surface area (Å²) >= 11 is 1.29. The number of ether oxygens (including phenoxy) is 1. The van der Waals surface area contributed by atoms with E-state index in [-0.39, 0.29) is 17.6 Å². The van der Waals surface area contributed by atoms with Gasteiger partial charge in [-0.25, -0.2) is 0 Å². The van der Waals surface area contributed by atoms with E-state index >= 15 is 0 Å². The van der Waals surface area contributed by atoms with Gasteiger partial charge in [-0.1, -0.05) is 11.8 Å². The molecule has 0 aliphatic heterocycles. The third-order valence-corrected chi connectivity index (χ3v) is 6.28. The van der Waals surface area contributed by atoms with Crippen LogP contribution in [0.25, 0.3) is 11.4 Å². The Hall–Kier alpha value is -3.25. The van der Waals surface area contributed by atoms with Gasteiger partial charge in [-0.2, -0.15) is 5.26 Å². The Morgan fingerprint density at radius 1 is 1.35 bits per heavy atom. The molecule has 1 aliphatic rings. The Balaban J connectivity index is 1.53. The summed E-state index contributed by atoms with van der Waals surface area (Å²) in [5.41, 5.74) is 0.0650. The van der Waals surface area contributed by atoms with Crippen molar-refractivity contribution in [1.82, 2.24) is 20.1 Å². The zero-order valence-electron chi connectivity index (χ0n) is 17.4. The Labute approximate surface area is 184 Å². The van der Waals surface area contributed by atoms with E-state index in [4.69, 9.17) is 9.15 Å². The maximum absolute atomic E-state index is 12.5. The lowest BCUT2D eigenvalue weighted by atomic mass is 9.98. The van der Waals surface area contributed by atoms with Crippen LogP contribution in [0, 0.1) is 17.2 Å². The van der Waals surface area contributed by atoms with Gasteiger partial charge >= 0.3 is 0 Å². The lowest BCUT2D eigenvalue weighted by Crippen LogP contribution is -2.47. The van der Waals surface area contributed by atoms with Gasteiger partial charge in [-0.3, -0.25) is 9.36 Å². The largest absolute Gasteiger partial charge is 0.497 e. The number of rotatable bonds is 9. The van der Waals surface area contributed by atoms with E-state index in [0.717, 1.165) is 29.9 Å². The molecular formula is C22H23N5O3S. The second kappa shape index (κ2) is 8.86. The molecule has 0 radical (unpaired) electrons. The van der Waals surface area contributed by atoms with Gasteiger partial charge in [0.25, 0.3) is 0 Å². The third kappa shape index (κ3) is 4.75. The maximum Gasteiger partial charge on any atom is 0.231 e. The van der Waals surface area contributed by atoms with Crippen molar-refractivity contribution >= 4 is 17.7 Å². The number of nitriles is 1. The Morgan fingerprint density at radius 3 is 2.74 bits per heavy atom. The Kier molecular flexibility index (Phi) is 6.00. The van der Waals surface area contributed by atoms with Crippen molar-refractivity contribution < 1.29 is 13.9 Å². The molecule has 2 heterocycles. The van der Waals surface area contributed by atoms with Crippen molar-refractivity contribution in [3.05, 3.63) is 48.4 Å². The van der Waals surface area contributed by atoms with Crippen LogP contribution in [0.2, 0.25) is 0 Å². The van der Waals surface area contributed by atoms with Crippen molar-refractivity contribution in [1.29, 1.82) is 5.26 Å². The lowest BCUT2D eigenvalue weighted by molar-refractivity contribution is -0.119. The van der Waals surface area contributed by atoms with Crippen LogP contribution < -0.4 is 10.1 Å². The summed E-state index contributed by atoms with van der Waals surface area (Å²) in [6.07, 6.45) is 3.56. The highest BCUT2D eigenvalue weighted by Crippen LogP contribution is 2.39. The molecule has 1 amide bonds. The monoisotopic (exact) mass is 437 g/mol. The first kappa shape index (κ1) is 21.0. The normalized spacial score (nSPS) is 15.1. The van der Waals surface area contributed by atoms with E-state index in [1.165, 1.54) is 11.8 Å². The summed E-state index contributed by atoms with van der Waals surface area (Å²) in [4.78, 5) is 12.5. The van der Waals surface area contributed by atoms with Crippen molar-refractivity contribution in [3.8, 4) is 23.2 Å². The zero-order chi connectivity index (χ0) is 21.8. The number of carbonyl (C=O) groups is 1. The fourth-order valence-corrected chi connectivity index (χ4v) is 4.13. The molecule has 1 saturated carbocycles. The molecule has 1 N–H and O–H groups in total. The van der Waals surface area contributed by atoms with Gasteiger partial charge in [0.1, 0.15) is 17.0 Å². The fraction of sp³-hybridized carbons (Fsp3) is 0.364. The summed E-state index contributed by atoms with van der Waals surface area (Å²) in [5, 5.41) is 21.6. The number of hydrogen-bond donors (Lipinski definition) is 1. The number of carbonyl (C=O) groups excluding carboxylic acids is 1. The number of benzene rings is 1.